The molecular formula is C11H15N5S. The largest absolute Gasteiger partial charge is 0.383 e. The van der Waals surface area contributed by atoms with E-state index in [-0.39, 0.29) is 5.95 Å². The number of nitrogens with zero attached hydrogens (tertiary/aromatic N) is 3. The maximum absolute atomic E-state index is 5.63. The van der Waals surface area contributed by atoms with Gasteiger partial charge in [0.15, 0.2) is 0 Å². The first-order valence-electron chi connectivity index (χ1n) is 5.28. The zero-order valence-corrected chi connectivity index (χ0v) is 10.4. The van der Waals surface area contributed by atoms with E-state index in [1.165, 1.54) is 4.88 Å². The minimum absolute atomic E-state index is 0.211. The molecule has 2 aromatic heterocycles. The predicted octanol–water partition coefficient (Wildman–Crippen LogP) is 1.38. The van der Waals surface area contributed by atoms with Crippen molar-refractivity contribution in [3.63, 3.8) is 0 Å². The summed E-state index contributed by atoms with van der Waals surface area (Å²) >= 11 is 1.76. The quantitative estimate of drug-likeness (QED) is 0.855. The van der Waals surface area contributed by atoms with Gasteiger partial charge in [-0.1, -0.05) is 6.07 Å². The molecule has 2 aromatic rings. The minimum Gasteiger partial charge on any atom is -0.383 e. The second kappa shape index (κ2) is 5.01. The van der Waals surface area contributed by atoms with Crippen LogP contribution in [0.5, 0.6) is 0 Å². The highest BCUT2D eigenvalue weighted by atomic mass is 32.1. The lowest BCUT2D eigenvalue weighted by Gasteiger charge is -2.17. The molecule has 0 aliphatic carbocycles. The van der Waals surface area contributed by atoms with Crippen LogP contribution in [0.2, 0.25) is 0 Å². The first kappa shape index (κ1) is 11.7. The molecule has 0 aliphatic heterocycles. The number of rotatable bonds is 4. The average molecular weight is 249 g/mol. The van der Waals surface area contributed by atoms with Gasteiger partial charge in [-0.25, -0.2) is 0 Å². The number of nitrogen functional groups attached to an aromatic ring is 2. The van der Waals surface area contributed by atoms with Gasteiger partial charge in [-0.15, -0.1) is 11.3 Å². The molecule has 0 unspecified atom stereocenters. The Morgan fingerprint density at radius 3 is 2.82 bits per heavy atom. The number of thiophene rings is 1. The van der Waals surface area contributed by atoms with E-state index in [2.05, 4.69) is 27.5 Å². The van der Waals surface area contributed by atoms with Crippen LogP contribution in [0.3, 0.4) is 0 Å². The fraction of sp³-hybridized carbons (Fsp3) is 0.273. The van der Waals surface area contributed by atoms with Crippen molar-refractivity contribution in [2.75, 3.05) is 30.0 Å². The first-order valence-corrected chi connectivity index (χ1v) is 6.16. The van der Waals surface area contributed by atoms with Crippen LogP contribution in [-0.4, -0.2) is 23.6 Å². The fourth-order valence-electron chi connectivity index (χ4n) is 1.51. The van der Waals surface area contributed by atoms with Gasteiger partial charge in [-0.2, -0.15) is 9.97 Å². The Bertz CT molecular complexity index is 462. The Morgan fingerprint density at radius 1 is 1.35 bits per heavy atom. The summed E-state index contributed by atoms with van der Waals surface area (Å²) in [7, 11) is 1.97. The van der Waals surface area contributed by atoms with Crippen molar-refractivity contribution in [3.8, 4) is 0 Å². The summed E-state index contributed by atoms with van der Waals surface area (Å²) in [6, 6.07) is 5.91. The molecule has 2 heterocycles. The predicted molar refractivity (Wildman–Crippen MR) is 72.1 cm³/mol. The highest BCUT2D eigenvalue weighted by molar-refractivity contribution is 7.09. The van der Waals surface area contributed by atoms with Crippen LogP contribution < -0.4 is 16.4 Å². The highest BCUT2D eigenvalue weighted by Crippen LogP contribution is 2.15. The molecule has 6 heteroatoms. The molecule has 0 bridgehead atoms. The van der Waals surface area contributed by atoms with Crippen LogP contribution >= 0.6 is 11.3 Å². The fourth-order valence-corrected chi connectivity index (χ4v) is 2.21. The second-order valence-corrected chi connectivity index (χ2v) is 4.79. The molecule has 0 atom stereocenters. The summed E-state index contributed by atoms with van der Waals surface area (Å²) in [6.07, 6.45) is 0.984. The van der Waals surface area contributed by atoms with Gasteiger partial charge in [0.2, 0.25) is 5.95 Å². The average Bonchev–Trinajstić information content (AvgIpc) is 2.77. The molecule has 0 amide bonds. The summed E-state index contributed by atoms with van der Waals surface area (Å²) in [4.78, 5) is 11.4. The normalized spacial score (nSPS) is 10.4. The molecule has 0 aliphatic rings. The third-order valence-electron chi connectivity index (χ3n) is 2.41. The minimum atomic E-state index is 0.211. The maximum atomic E-state index is 5.63. The van der Waals surface area contributed by atoms with Crippen LogP contribution in [0.4, 0.5) is 17.6 Å². The number of hydrogen-bond donors (Lipinski definition) is 2. The molecule has 0 saturated heterocycles. The lowest BCUT2D eigenvalue weighted by atomic mass is 10.3. The zero-order valence-electron chi connectivity index (χ0n) is 9.63. The summed E-state index contributed by atoms with van der Waals surface area (Å²) in [5.41, 5.74) is 11.2. The van der Waals surface area contributed by atoms with Gasteiger partial charge >= 0.3 is 0 Å². The first-order chi connectivity index (χ1) is 8.15. The third kappa shape index (κ3) is 3.07. The maximum Gasteiger partial charge on any atom is 0.223 e. The topological polar surface area (TPSA) is 81.1 Å². The SMILES string of the molecule is CN(CCc1cccs1)c1cc(N)nc(N)n1. The Balaban J connectivity index is 2.01. The number of aromatic nitrogens is 2. The molecular weight excluding hydrogens is 234 g/mol. The third-order valence-corrected chi connectivity index (χ3v) is 3.35. The Hall–Kier alpha value is -1.82. The van der Waals surface area contributed by atoms with E-state index in [9.17, 15) is 0 Å². The standard InChI is InChI=1S/C11H15N5S/c1-16(5-4-8-3-2-6-17-8)10-7-9(12)14-11(13)15-10/h2-3,6-7H,4-5H2,1H3,(H4,12,13,14,15). The van der Waals surface area contributed by atoms with E-state index in [0.29, 0.717) is 5.82 Å². The number of nitrogens with two attached hydrogens (primary N) is 2. The molecule has 0 saturated carbocycles. The summed E-state index contributed by atoms with van der Waals surface area (Å²) in [5.74, 6) is 1.37. The van der Waals surface area contributed by atoms with Crippen LogP contribution in [0.1, 0.15) is 4.88 Å². The van der Waals surface area contributed by atoms with Gasteiger partial charge in [0, 0.05) is 24.5 Å². The summed E-state index contributed by atoms with van der Waals surface area (Å²) in [5, 5.41) is 2.08. The molecule has 4 N–H and O–H groups in total. The van der Waals surface area contributed by atoms with Crippen molar-refractivity contribution in [2.24, 2.45) is 0 Å². The lowest BCUT2D eigenvalue weighted by Crippen LogP contribution is -2.22. The monoisotopic (exact) mass is 249 g/mol. The van der Waals surface area contributed by atoms with Gasteiger partial charge in [-0.3, -0.25) is 0 Å². The van der Waals surface area contributed by atoms with Crippen LogP contribution in [0.25, 0.3) is 0 Å². The van der Waals surface area contributed by atoms with E-state index in [1.54, 1.807) is 17.4 Å². The van der Waals surface area contributed by atoms with Crippen LogP contribution in [-0.2, 0) is 6.42 Å². The number of hydrogen-bond acceptors (Lipinski definition) is 6. The van der Waals surface area contributed by atoms with E-state index in [1.807, 2.05) is 11.9 Å². The van der Waals surface area contributed by atoms with Crippen molar-refractivity contribution in [3.05, 3.63) is 28.5 Å². The van der Waals surface area contributed by atoms with E-state index < -0.39 is 0 Å². The van der Waals surface area contributed by atoms with Crippen molar-refractivity contribution < 1.29 is 0 Å². The molecule has 0 radical (unpaired) electrons. The van der Waals surface area contributed by atoms with Crippen molar-refractivity contribution >= 4 is 28.9 Å². The van der Waals surface area contributed by atoms with Crippen molar-refractivity contribution in [1.82, 2.24) is 9.97 Å². The Labute approximate surface area is 104 Å². The molecule has 2 rings (SSSR count). The van der Waals surface area contributed by atoms with E-state index in [4.69, 9.17) is 11.5 Å². The highest BCUT2D eigenvalue weighted by Gasteiger charge is 2.06. The number of anilines is 3. The van der Waals surface area contributed by atoms with Gasteiger partial charge < -0.3 is 16.4 Å². The molecule has 90 valence electrons. The van der Waals surface area contributed by atoms with E-state index >= 15 is 0 Å². The summed E-state index contributed by atoms with van der Waals surface area (Å²) in [6.45, 7) is 0.871. The smallest absolute Gasteiger partial charge is 0.223 e. The zero-order chi connectivity index (χ0) is 12.3. The number of likely N-dealkylation sites (N-methyl/N-ethyl adjacent to an activating group) is 1. The van der Waals surface area contributed by atoms with Gasteiger partial charge in [0.25, 0.3) is 0 Å². The lowest BCUT2D eigenvalue weighted by molar-refractivity contribution is 0.867. The molecule has 0 aromatic carbocycles. The molecule has 5 nitrogen and oxygen atoms in total. The van der Waals surface area contributed by atoms with Crippen LogP contribution in [0, 0.1) is 0 Å². The second-order valence-electron chi connectivity index (χ2n) is 3.76. The van der Waals surface area contributed by atoms with E-state index in [0.717, 1.165) is 18.8 Å². The Kier molecular flexibility index (Phi) is 3.43. The molecule has 0 spiro atoms. The molecule has 0 fully saturated rings. The van der Waals surface area contributed by atoms with Crippen molar-refractivity contribution in [1.29, 1.82) is 0 Å². The van der Waals surface area contributed by atoms with Gasteiger partial charge in [0.1, 0.15) is 11.6 Å². The van der Waals surface area contributed by atoms with Gasteiger partial charge in [0.05, 0.1) is 0 Å². The Morgan fingerprint density at radius 2 is 2.18 bits per heavy atom. The van der Waals surface area contributed by atoms with Crippen molar-refractivity contribution in [2.45, 2.75) is 6.42 Å². The molecule has 17 heavy (non-hydrogen) atoms. The van der Waals surface area contributed by atoms with Gasteiger partial charge in [-0.05, 0) is 17.9 Å². The summed E-state index contributed by atoms with van der Waals surface area (Å²) < 4.78 is 0. The van der Waals surface area contributed by atoms with Crippen LogP contribution in [0.15, 0.2) is 23.6 Å².